The Bertz CT molecular complexity index is 1180. The third-order valence-corrected chi connectivity index (χ3v) is 6.26. The van der Waals surface area contributed by atoms with Crippen LogP contribution in [0.3, 0.4) is 0 Å². The lowest BCUT2D eigenvalue weighted by Crippen LogP contribution is -2.34. The summed E-state index contributed by atoms with van der Waals surface area (Å²) >= 11 is 2.88. The number of nitrogens with zero attached hydrogens (tertiary/aromatic N) is 2. The largest absolute Gasteiger partial charge is 0.436 e. The lowest BCUT2D eigenvalue weighted by molar-refractivity contribution is -0.141. The van der Waals surface area contributed by atoms with Crippen molar-refractivity contribution in [2.45, 2.75) is 18.0 Å². The summed E-state index contributed by atoms with van der Waals surface area (Å²) in [5.41, 5.74) is -0.272. The molecule has 7 nitrogen and oxygen atoms in total. The number of aromatic nitrogens is 2. The molecule has 158 valence electrons. The van der Waals surface area contributed by atoms with E-state index in [9.17, 15) is 26.4 Å². The van der Waals surface area contributed by atoms with Gasteiger partial charge in [0.05, 0.1) is 20.7 Å². The molecule has 0 bridgehead atoms. The molecule has 30 heavy (non-hydrogen) atoms. The molecule has 0 fully saturated rings. The van der Waals surface area contributed by atoms with Crippen molar-refractivity contribution < 1.29 is 26.4 Å². The van der Waals surface area contributed by atoms with Crippen LogP contribution in [0.25, 0.3) is 5.69 Å². The first kappa shape index (κ1) is 21.8. The normalized spacial score (nSPS) is 11.9. The number of halogens is 4. The first-order chi connectivity index (χ1) is 14.0. The van der Waals surface area contributed by atoms with Crippen molar-refractivity contribution in [3.05, 3.63) is 70.5 Å². The molecule has 0 saturated carbocycles. The number of carbonyl (C=O) groups is 1. The summed E-state index contributed by atoms with van der Waals surface area (Å²) in [5, 5.41) is 5.93. The van der Waals surface area contributed by atoms with Gasteiger partial charge in [-0.05, 0) is 59.3 Å². The third kappa shape index (κ3) is 4.65. The van der Waals surface area contributed by atoms with E-state index in [1.54, 1.807) is 30.3 Å². The summed E-state index contributed by atoms with van der Waals surface area (Å²) in [4.78, 5) is 11.7. The number of urea groups is 1. The molecule has 0 aliphatic rings. The molecule has 12 heteroatoms. The second-order valence-electron chi connectivity index (χ2n) is 6.08. The molecule has 0 radical (unpaired) electrons. The molecule has 0 saturated heterocycles. The fourth-order valence-electron chi connectivity index (χ4n) is 2.54. The highest BCUT2D eigenvalue weighted by molar-refractivity contribution is 9.10. The highest BCUT2D eigenvalue weighted by atomic mass is 79.9. The van der Waals surface area contributed by atoms with Gasteiger partial charge in [-0.2, -0.15) is 18.3 Å². The van der Waals surface area contributed by atoms with Gasteiger partial charge in [-0.25, -0.2) is 22.6 Å². The summed E-state index contributed by atoms with van der Waals surface area (Å²) in [7, 11) is -4.20. The minimum atomic E-state index is -4.64. The third-order valence-electron chi connectivity index (χ3n) is 3.96. The zero-order valence-electron chi connectivity index (χ0n) is 15.2. The van der Waals surface area contributed by atoms with Crippen LogP contribution in [0.2, 0.25) is 0 Å². The standard InChI is InChI=1S/C18H14BrF3N4O3S/c1-11-15(19)16(18(20,21)22)24-26(11)13-7-9-14(10-8-13)30(28,29)25-17(27)23-12-5-3-2-4-6-12/h2-10H,1H3,(H2,23,25,27). The van der Waals surface area contributed by atoms with E-state index in [0.717, 1.165) is 16.8 Å². The Morgan fingerprint density at radius 2 is 1.67 bits per heavy atom. The van der Waals surface area contributed by atoms with Gasteiger partial charge in [-0.1, -0.05) is 18.2 Å². The molecule has 3 aromatic rings. The first-order valence-electron chi connectivity index (χ1n) is 8.30. The van der Waals surface area contributed by atoms with E-state index in [4.69, 9.17) is 0 Å². The zero-order chi connectivity index (χ0) is 22.1. The minimum absolute atomic E-state index is 0.193. The number of para-hydroxylation sites is 1. The van der Waals surface area contributed by atoms with Gasteiger partial charge in [0.15, 0.2) is 5.69 Å². The molecule has 0 atom stereocenters. The van der Waals surface area contributed by atoms with Gasteiger partial charge < -0.3 is 5.32 Å². The van der Waals surface area contributed by atoms with E-state index >= 15 is 0 Å². The van der Waals surface area contributed by atoms with Crippen LogP contribution in [0.4, 0.5) is 23.7 Å². The van der Waals surface area contributed by atoms with E-state index in [2.05, 4.69) is 26.3 Å². The van der Waals surface area contributed by atoms with Gasteiger partial charge in [-0.3, -0.25) is 0 Å². The van der Waals surface area contributed by atoms with Gasteiger partial charge in [0, 0.05) is 5.69 Å². The van der Waals surface area contributed by atoms with Gasteiger partial charge in [-0.15, -0.1) is 0 Å². The lowest BCUT2D eigenvalue weighted by atomic mass is 10.3. The minimum Gasteiger partial charge on any atom is -0.307 e. The Hall–Kier alpha value is -2.86. The summed E-state index contributed by atoms with van der Waals surface area (Å²) in [6, 6.07) is 12.2. The van der Waals surface area contributed by atoms with E-state index in [-0.39, 0.29) is 20.7 Å². The van der Waals surface area contributed by atoms with E-state index in [1.807, 2.05) is 4.72 Å². The zero-order valence-corrected chi connectivity index (χ0v) is 17.6. The summed E-state index contributed by atoms with van der Waals surface area (Å²) < 4.78 is 66.6. The van der Waals surface area contributed by atoms with Gasteiger partial charge in [0.1, 0.15) is 0 Å². The lowest BCUT2D eigenvalue weighted by Gasteiger charge is -2.10. The fraction of sp³-hybridized carbons (Fsp3) is 0.111. The summed E-state index contributed by atoms with van der Waals surface area (Å²) in [6.45, 7) is 1.44. The number of carbonyl (C=O) groups excluding carboxylic acids is 1. The number of sulfonamides is 1. The highest BCUT2D eigenvalue weighted by Gasteiger charge is 2.38. The van der Waals surface area contributed by atoms with Crippen LogP contribution in [-0.2, 0) is 16.2 Å². The van der Waals surface area contributed by atoms with Crippen molar-refractivity contribution >= 4 is 37.7 Å². The SMILES string of the molecule is Cc1c(Br)c(C(F)(F)F)nn1-c1ccc(S(=O)(=O)NC(=O)Nc2ccccc2)cc1. The second kappa shape index (κ2) is 8.11. The number of amides is 2. The first-order valence-corrected chi connectivity index (χ1v) is 10.6. The number of alkyl halides is 3. The molecule has 3 rings (SSSR count). The Morgan fingerprint density at radius 3 is 2.20 bits per heavy atom. The monoisotopic (exact) mass is 502 g/mol. The van der Waals surface area contributed by atoms with Gasteiger partial charge >= 0.3 is 12.2 Å². The molecule has 0 aliphatic carbocycles. The number of hydrogen-bond acceptors (Lipinski definition) is 4. The van der Waals surface area contributed by atoms with Crippen molar-refractivity contribution in [2.75, 3.05) is 5.32 Å². The Kier molecular flexibility index (Phi) is 5.90. The van der Waals surface area contributed by atoms with Crippen molar-refractivity contribution in [1.29, 1.82) is 0 Å². The average Bonchev–Trinajstić information content (AvgIpc) is 2.97. The quantitative estimate of drug-likeness (QED) is 0.550. The number of nitrogens with one attached hydrogen (secondary N) is 2. The molecule has 1 heterocycles. The molecule has 2 N–H and O–H groups in total. The molecule has 1 aromatic heterocycles. The Labute approximate surface area is 178 Å². The number of benzene rings is 2. The van der Waals surface area contributed by atoms with Crippen LogP contribution in [0.15, 0.2) is 64.0 Å². The molecule has 0 spiro atoms. The van der Waals surface area contributed by atoms with Crippen LogP contribution in [0.5, 0.6) is 0 Å². The Balaban J connectivity index is 1.81. The van der Waals surface area contributed by atoms with Gasteiger partial charge in [0.25, 0.3) is 10.0 Å². The predicted octanol–water partition coefficient (Wildman–Crippen LogP) is 4.47. The maximum atomic E-state index is 13.0. The van der Waals surface area contributed by atoms with Crippen molar-refractivity contribution in [2.24, 2.45) is 0 Å². The smallest absolute Gasteiger partial charge is 0.307 e. The van der Waals surface area contributed by atoms with Crippen LogP contribution in [-0.4, -0.2) is 24.2 Å². The predicted molar refractivity (Wildman–Crippen MR) is 107 cm³/mol. The summed E-state index contributed by atoms with van der Waals surface area (Å²) in [5.74, 6) is 0. The number of rotatable bonds is 4. The maximum absolute atomic E-state index is 13.0. The topological polar surface area (TPSA) is 93.1 Å². The van der Waals surface area contributed by atoms with E-state index in [0.29, 0.717) is 5.69 Å². The Morgan fingerprint density at radius 1 is 1.07 bits per heavy atom. The second-order valence-corrected chi connectivity index (χ2v) is 8.55. The van der Waals surface area contributed by atoms with Crippen LogP contribution in [0.1, 0.15) is 11.4 Å². The molecular weight excluding hydrogens is 489 g/mol. The molecule has 2 aromatic carbocycles. The maximum Gasteiger partial charge on any atom is 0.436 e. The molecule has 0 unspecified atom stereocenters. The summed E-state index contributed by atoms with van der Waals surface area (Å²) in [6.07, 6.45) is -4.64. The van der Waals surface area contributed by atoms with Crippen molar-refractivity contribution in [1.82, 2.24) is 14.5 Å². The number of hydrogen-bond donors (Lipinski definition) is 2. The fourth-order valence-corrected chi connectivity index (χ4v) is 3.92. The number of anilines is 1. The van der Waals surface area contributed by atoms with Crippen LogP contribution in [0, 0.1) is 6.92 Å². The highest BCUT2D eigenvalue weighted by Crippen LogP contribution is 2.36. The van der Waals surface area contributed by atoms with E-state index < -0.39 is 27.9 Å². The molecule has 0 aliphatic heterocycles. The van der Waals surface area contributed by atoms with Crippen molar-refractivity contribution in [3.63, 3.8) is 0 Å². The molecular formula is C18H14BrF3N4O3S. The van der Waals surface area contributed by atoms with Crippen LogP contribution < -0.4 is 10.0 Å². The van der Waals surface area contributed by atoms with Gasteiger partial charge in [0.2, 0.25) is 0 Å². The average molecular weight is 503 g/mol. The van der Waals surface area contributed by atoms with Crippen LogP contribution >= 0.6 is 15.9 Å². The van der Waals surface area contributed by atoms with E-state index in [1.165, 1.54) is 19.1 Å². The molecule has 2 amide bonds. The van der Waals surface area contributed by atoms with Crippen molar-refractivity contribution in [3.8, 4) is 5.69 Å².